The molecule has 0 aromatic heterocycles. The first-order chi connectivity index (χ1) is 13.0. The number of alkyl halides is 3. The fourth-order valence-electron chi connectivity index (χ4n) is 2.25. The molecule has 0 radical (unpaired) electrons. The van der Waals surface area contributed by atoms with Gasteiger partial charge in [0, 0.05) is 14.1 Å². The SMILES string of the molecule is CN=C(NCC(=O)N(C)CC(F)(F)F)NC(C)c1ccc(OCC(C)C)cc1.I. The topological polar surface area (TPSA) is 66.0 Å². The van der Waals surface area contributed by atoms with E-state index in [-0.39, 0.29) is 36.6 Å². The van der Waals surface area contributed by atoms with Crippen molar-refractivity contribution in [2.45, 2.75) is 33.0 Å². The number of nitrogens with one attached hydrogen (secondary N) is 2. The van der Waals surface area contributed by atoms with Crippen LogP contribution in [0.2, 0.25) is 0 Å². The molecule has 0 aliphatic rings. The molecule has 0 aliphatic heterocycles. The maximum atomic E-state index is 12.3. The van der Waals surface area contributed by atoms with E-state index in [0.29, 0.717) is 23.4 Å². The lowest BCUT2D eigenvalue weighted by molar-refractivity contribution is -0.157. The van der Waals surface area contributed by atoms with Gasteiger partial charge in [0.25, 0.3) is 0 Å². The van der Waals surface area contributed by atoms with Crippen LogP contribution in [0.3, 0.4) is 0 Å². The van der Waals surface area contributed by atoms with Gasteiger partial charge in [0.15, 0.2) is 5.96 Å². The van der Waals surface area contributed by atoms with Gasteiger partial charge in [-0.1, -0.05) is 26.0 Å². The molecule has 0 aliphatic carbocycles. The van der Waals surface area contributed by atoms with Gasteiger partial charge in [-0.05, 0) is 30.5 Å². The zero-order chi connectivity index (χ0) is 21.3. The number of carbonyl (C=O) groups is 1. The van der Waals surface area contributed by atoms with Crippen molar-refractivity contribution in [2.24, 2.45) is 10.9 Å². The lowest BCUT2D eigenvalue weighted by atomic mass is 10.1. The molecule has 2 N–H and O–H groups in total. The van der Waals surface area contributed by atoms with E-state index in [1.54, 1.807) is 0 Å². The van der Waals surface area contributed by atoms with E-state index in [1.165, 1.54) is 7.05 Å². The molecule has 6 nitrogen and oxygen atoms in total. The molecule has 1 aromatic carbocycles. The van der Waals surface area contributed by atoms with Crippen LogP contribution in [0.15, 0.2) is 29.3 Å². The van der Waals surface area contributed by atoms with Crippen LogP contribution < -0.4 is 15.4 Å². The molecule has 0 saturated carbocycles. The van der Waals surface area contributed by atoms with Crippen LogP contribution in [0.25, 0.3) is 0 Å². The second-order valence-electron chi connectivity index (χ2n) is 6.93. The van der Waals surface area contributed by atoms with Crippen molar-refractivity contribution in [3.8, 4) is 5.75 Å². The maximum absolute atomic E-state index is 12.3. The van der Waals surface area contributed by atoms with E-state index in [2.05, 4.69) is 29.5 Å². The van der Waals surface area contributed by atoms with E-state index in [9.17, 15) is 18.0 Å². The van der Waals surface area contributed by atoms with Gasteiger partial charge < -0.3 is 20.3 Å². The predicted octanol–water partition coefficient (Wildman–Crippen LogP) is 3.59. The number of rotatable bonds is 8. The van der Waals surface area contributed by atoms with Crippen LogP contribution in [0.1, 0.15) is 32.4 Å². The Morgan fingerprint density at radius 3 is 2.28 bits per heavy atom. The minimum Gasteiger partial charge on any atom is -0.493 e. The van der Waals surface area contributed by atoms with Crippen molar-refractivity contribution in [2.75, 3.05) is 33.8 Å². The van der Waals surface area contributed by atoms with E-state index in [4.69, 9.17) is 4.74 Å². The van der Waals surface area contributed by atoms with Gasteiger partial charge in [0.1, 0.15) is 12.3 Å². The van der Waals surface area contributed by atoms with Crippen molar-refractivity contribution in [1.29, 1.82) is 0 Å². The number of aliphatic imine (C=N–C) groups is 1. The third kappa shape index (κ3) is 11.1. The largest absolute Gasteiger partial charge is 0.493 e. The maximum Gasteiger partial charge on any atom is 0.406 e. The van der Waals surface area contributed by atoms with E-state index >= 15 is 0 Å². The Kier molecular flexibility index (Phi) is 12.0. The summed E-state index contributed by atoms with van der Waals surface area (Å²) in [7, 11) is 2.63. The monoisotopic (exact) mass is 530 g/mol. The van der Waals surface area contributed by atoms with Gasteiger partial charge in [-0.3, -0.25) is 9.79 Å². The summed E-state index contributed by atoms with van der Waals surface area (Å²) in [6.07, 6.45) is -4.43. The molecular weight excluding hydrogens is 500 g/mol. The highest BCUT2D eigenvalue weighted by Gasteiger charge is 2.31. The Balaban J connectivity index is 0.00000784. The van der Waals surface area contributed by atoms with Crippen LogP contribution in [0.4, 0.5) is 13.2 Å². The lowest BCUT2D eigenvalue weighted by Crippen LogP contribution is -2.46. The summed E-state index contributed by atoms with van der Waals surface area (Å²) in [6.45, 7) is 5.12. The zero-order valence-electron chi connectivity index (χ0n) is 17.3. The molecule has 1 rings (SSSR count). The number of hydrogen-bond donors (Lipinski definition) is 2. The summed E-state index contributed by atoms with van der Waals surface area (Å²) in [5, 5.41) is 5.84. The number of guanidine groups is 1. The second-order valence-corrected chi connectivity index (χ2v) is 6.93. The number of hydrogen-bond acceptors (Lipinski definition) is 3. The Morgan fingerprint density at radius 1 is 1.21 bits per heavy atom. The normalized spacial score (nSPS) is 12.8. The molecule has 0 fully saturated rings. The second kappa shape index (κ2) is 12.8. The van der Waals surface area contributed by atoms with E-state index < -0.39 is 18.6 Å². The first-order valence-corrected chi connectivity index (χ1v) is 9.02. The number of halogens is 4. The number of amides is 1. The highest BCUT2D eigenvalue weighted by molar-refractivity contribution is 14.0. The van der Waals surface area contributed by atoms with Crippen molar-refractivity contribution < 1.29 is 22.7 Å². The van der Waals surface area contributed by atoms with Gasteiger partial charge in [0.05, 0.1) is 19.2 Å². The predicted molar refractivity (Wildman–Crippen MR) is 119 cm³/mol. The summed E-state index contributed by atoms with van der Waals surface area (Å²) >= 11 is 0. The average molecular weight is 530 g/mol. The van der Waals surface area contributed by atoms with Crippen molar-refractivity contribution in [3.63, 3.8) is 0 Å². The van der Waals surface area contributed by atoms with Crippen molar-refractivity contribution >= 4 is 35.8 Å². The molecule has 29 heavy (non-hydrogen) atoms. The number of carbonyl (C=O) groups excluding carboxylic acids is 1. The van der Waals surface area contributed by atoms with Crippen LogP contribution in [0.5, 0.6) is 5.75 Å². The number of likely N-dealkylation sites (N-methyl/N-ethyl adjacent to an activating group) is 1. The third-order valence-corrected chi connectivity index (χ3v) is 3.79. The fourth-order valence-corrected chi connectivity index (χ4v) is 2.25. The van der Waals surface area contributed by atoms with E-state index in [0.717, 1.165) is 18.4 Å². The molecule has 0 bridgehead atoms. The Bertz CT molecular complexity index is 652. The lowest BCUT2D eigenvalue weighted by Gasteiger charge is -2.21. The summed E-state index contributed by atoms with van der Waals surface area (Å²) in [5.74, 6) is 0.860. The molecule has 1 atom stereocenters. The quantitative estimate of drug-likeness (QED) is 0.307. The molecule has 10 heteroatoms. The van der Waals surface area contributed by atoms with E-state index in [1.807, 2.05) is 31.2 Å². The highest BCUT2D eigenvalue weighted by atomic mass is 127. The van der Waals surface area contributed by atoms with Crippen molar-refractivity contribution in [1.82, 2.24) is 15.5 Å². The zero-order valence-corrected chi connectivity index (χ0v) is 19.7. The van der Waals surface area contributed by atoms with Gasteiger partial charge in [0.2, 0.25) is 5.91 Å². The minimum atomic E-state index is -4.43. The molecule has 0 spiro atoms. The summed E-state index contributed by atoms with van der Waals surface area (Å²) in [5.41, 5.74) is 0.973. The van der Waals surface area contributed by atoms with Crippen LogP contribution >= 0.6 is 24.0 Å². The average Bonchev–Trinajstić information content (AvgIpc) is 2.61. The standard InChI is InChI=1S/C19H29F3N4O2.HI/c1-13(2)11-28-16-8-6-15(7-9-16)14(3)25-18(23-4)24-10-17(27)26(5)12-19(20,21)22;/h6-9,13-14H,10-12H2,1-5H3,(H2,23,24,25);1H. The molecule has 0 heterocycles. The molecular formula is C19H30F3IN4O2. The molecule has 166 valence electrons. The molecule has 0 saturated heterocycles. The first kappa shape index (κ1) is 27.3. The number of nitrogens with zero attached hydrogens (tertiary/aromatic N) is 2. The van der Waals surface area contributed by atoms with Gasteiger partial charge >= 0.3 is 6.18 Å². The Hall–Kier alpha value is -1.72. The van der Waals surface area contributed by atoms with Crippen molar-refractivity contribution in [3.05, 3.63) is 29.8 Å². The molecule has 1 aromatic rings. The first-order valence-electron chi connectivity index (χ1n) is 9.02. The fraction of sp³-hybridized carbons (Fsp3) is 0.579. The highest BCUT2D eigenvalue weighted by Crippen LogP contribution is 2.18. The molecule has 1 amide bonds. The summed E-state index contributed by atoms with van der Waals surface area (Å²) < 4.78 is 42.7. The van der Waals surface area contributed by atoms with Gasteiger partial charge in [-0.25, -0.2) is 0 Å². The van der Waals surface area contributed by atoms with Crippen LogP contribution in [-0.2, 0) is 4.79 Å². The van der Waals surface area contributed by atoms with Gasteiger partial charge in [-0.2, -0.15) is 13.2 Å². The van der Waals surface area contributed by atoms with Crippen LogP contribution in [-0.4, -0.2) is 56.7 Å². The smallest absolute Gasteiger partial charge is 0.406 e. The van der Waals surface area contributed by atoms with Gasteiger partial charge in [-0.15, -0.1) is 24.0 Å². The number of ether oxygens (including phenoxy) is 1. The Labute approximate surface area is 187 Å². The summed E-state index contributed by atoms with van der Waals surface area (Å²) in [4.78, 5) is 16.4. The molecule has 1 unspecified atom stereocenters. The van der Waals surface area contributed by atoms with Crippen LogP contribution in [0, 0.1) is 5.92 Å². The third-order valence-electron chi connectivity index (χ3n) is 3.79. The number of benzene rings is 1. The summed E-state index contributed by atoms with van der Waals surface area (Å²) in [6, 6.07) is 7.46. The Morgan fingerprint density at radius 2 is 1.79 bits per heavy atom. The minimum absolute atomic E-state index is 0.